The summed E-state index contributed by atoms with van der Waals surface area (Å²) in [4.78, 5) is 12.2. The molecule has 0 aliphatic carbocycles. The zero-order valence-corrected chi connectivity index (χ0v) is 25.8. The van der Waals surface area contributed by atoms with E-state index in [1.165, 1.54) is 70.6 Å². The summed E-state index contributed by atoms with van der Waals surface area (Å²) in [6, 6.07) is -0.500. The number of aliphatic hydroxyl groups excluding tert-OH is 1. The Labute approximate surface area is 229 Å². The van der Waals surface area contributed by atoms with Gasteiger partial charge in [0.2, 0.25) is 0 Å². The highest BCUT2D eigenvalue weighted by Gasteiger charge is 2.20. The van der Waals surface area contributed by atoms with Gasteiger partial charge in [0.1, 0.15) is 13.2 Å². The van der Waals surface area contributed by atoms with Crippen LogP contribution in [0.25, 0.3) is 0 Å². The Morgan fingerprint density at radius 2 is 1.35 bits per heavy atom. The van der Waals surface area contributed by atoms with Crippen LogP contribution in [-0.4, -0.2) is 69.2 Å². The van der Waals surface area contributed by atoms with Gasteiger partial charge in [-0.2, -0.15) is 0 Å². The molecule has 2 N–H and O–H groups in total. The largest absolute Gasteiger partial charge is 0.756 e. The monoisotopic (exact) mass is 548 g/mol. The van der Waals surface area contributed by atoms with Gasteiger partial charge in [0.25, 0.3) is 7.82 Å². The summed E-state index contributed by atoms with van der Waals surface area (Å²) in [5, 5.41) is 14.0. The Morgan fingerprint density at radius 1 is 0.838 bits per heavy atom. The van der Waals surface area contributed by atoms with Crippen molar-refractivity contribution in [2.24, 2.45) is 0 Å². The maximum absolute atomic E-state index is 12.2. The van der Waals surface area contributed by atoms with E-state index in [1.54, 1.807) is 6.08 Å². The molecule has 0 radical (unpaired) electrons. The van der Waals surface area contributed by atoms with Crippen molar-refractivity contribution in [3.05, 3.63) is 12.2 Å². The molecule has 37 heavy (non-hydrogen) atoms. The molecule has 0 aliphatic heterocycles. The molecule has 0 aromatic carbocycles. The van der Waals surface area contributed by atoms with Crippen molar-refractivity contribution in [1.82, 2.24) is 5.32 Å². The number of hydrogen-bond acceptors (Lipinski definition) is 6. The first-order valence-corrected chi connectivity index (χ1v) is 16.6. The molecule has 0 spiro atoms. The van der Waals surface area contributed by atoms with Crippen LogP contribution in [0.1, 0.15) is 117 Å². The first-order valence-electron chi connectivity index (χ1n) is 15.1. The second-order valence-electron chi connectivity index (χ2n) is 11.5. The van der Waals surface area contributed by atoms with E-state index in [0.29, 0.717) is 17.6 Å². The molecule has 0 aliphatic rings. The number of likely N-dealkylation sites (N-methyl/N-ethyl adjacent to an activating group) is 1. The number of quaternary nitrogens is 1. The Kier molecular flexibility index (Phi) is 23.4. The van der Waals surface area contributed by atoms with Crippen molar-refractivity contribution in [3.63, 3.8) is 0 Å². The molecule has 0 rings (SSSR count). The summed E-state index contributed by atoms with van der Waals surface area (Å²) >= 11 is 0. The average molecular weight is 549 g/mol. The fourth-order valence-corrected chi connectivity index (χ4v) is 4.77. The molecule has 3 atom stereocenters. The van der Waals surface area contributed by atoms with Gasteiger partial charge in [0.05, 0.1) is 39.9 Å². The van der Waals surface area contributed by atoms with Crippen LogP contribution in [0.2, 0.25) is 0 Å². The van der Waals surface area contributed by atoms with Crippen LogP contribution in [0.5, 0.6) is 0 Å². The highest BCUT2D eigenvalue weighted by atomic mass is 31.2. The zero-order valence-electron chi connectivity index (χ0n) is 24.9. The van der Waals surface area contributed by atoms with Gasteiger partial charge in [0, 0.05) is 0 Å². The van der Waals surface area contributed by atoms with E-state index in [4.69, 9.17) is 9.05 Å². The van der Waals surface area contributed by atoms with Crippen molar-refractivity contribution in [1.29, 1.82) is 0 Å². The number of nitrogens with zero attached hydrogens (tertiary/aromatic N) is 1. The molecule has 0 heterocycles. The van der Waals surface area contributed by atoms with Gasteiger partial charge < -0.3 is 28.8 Å². The van der Waals surface area contributed by atoms with Crippen LogP contribution in [0.3, 0.4) is 0 Å². The number of unbranched alkanes of at least 4 members (excludes halogenated alkanes) is 14. The van der Waals surface area contributed by atoms with E-state index in [0.717, 1.165) is 32.1 Å². The summed E-state index contributed by atoms with van der Waals surface area (Å²) in [6.07, 6.45) is 22.7. The zero-order chi connectivity index (χ0) is 27.8. The number of phosphoric ester groups is 1. The van der Waals surface area contributed by atoms with E-state index < -0.39 is 20.0 Å². The molecule has 7 nitrogen and oxygen atoms in total. The third kappa shape index (κ3) is 25.8. The van der Waals surface area contributed by atoms with Crippen molar-refractivity contribution in [3.8, 4) is 0 Å². The van der Waals surface area contributed by atoms with Crippen molar-refractivity contribution in [2.45, 2.75) is 129 Å². The molecule has 8 heteroatoms. The van der Waals surface area contributed by atoms with Gasteiger partial charge >= 0.3 is 0 Å². The predicted octanol–water partition coefficient (Wildman–Crippen LogP) is 6.35. The van der Waals surface area contributed by atoms with Gasteiger partial charge in [-0.25, -0.2) is 0 Å². The standard InChI is InChI=1S/C29H61N2O5P/c1-6-8-10-12-13-14-15-16-17-18-19-20-21-23-29(32)28(30-24-22-11-9-7-2)27-36-37(33,34)35-26-25-31(3,4)5/h21,23,28-30,32H,6-20,22,24-27H2,1-5H3/b23-21+. The number of phosphoric acid groups is 1. The summed E-state index contributed by atoms with van der Waals surface area (Å²) in [6.45, 7) is 5.61. The fourth-order valence-electron chi connectivity index (χ4n) is 4.05. The number of nitrogens with one attached hydrogen (secondary N) is 1. The molecular weight excluding hydrogens is 487 g/mol. The van der Waals surface area contributed by atoms with Crippen LogP contribution in [-0.2, 0) is 13.6 Å². The highest BCUT2D eigenvalue weighted by Crippen LogP contribution is 2.38. The summed E-state index contributed by atoms with van der Waals surface area (Å²) in [7, 11) is 1.49. The number of rotatable bonds is 27. The maximum atomic E-state index is 12.2. The van der Waals surface area contributed by atoms with Gasteiger partial charge in [-0.05, 0) is 25.8 Å². The molecule has 0 aromatic heterocycles. The minimum Gasteiger partial charge on any atom is -0.756 e. The Balaban J connectivity index is 4.33. The normalized spacial score (nSPS) is 15.8. The van der Waals surface area contributed by atoms with E-state index in [1.807, 2.05) is 27.2 Å². The van der Waals surface area contributed by atoms with Crippen LogP contribution in [0.15, 0.2) is 12.2 Å². The third-order valence-corrected chi connectivity index (χ3v) is 7.54. The first kappa shape index (κ1) is 36.7. The second-order valence-corrected chi connectivity index (χ2v) is 12.9. The number of aliphatic hydroxyl groups is 1. The lowest BCUT2D eigenvalue weighted by Gasteiger charge is -2.29. The SMILES string of the molecule is CCCCCCCCCCCCC/C=C/C(O)C(COP(=O)([O-])OCC[N+](C)(C)C)NCCCCCC. The summed E-state index contributed by atoms with van der Waals surface area (Å²) < 4.78 is 22.9. The smallest absolute Gasteiger partial charge is 0.268 e. The second kappa shape index (κ2) is 23.6. The van der Waals surface area contributed by atoms with E-state index in [9.17, 15) is 14.6 Å². The summed E-state index contributed by atoms with van der Waals surface area (Å²) in [5.41, 5.74) is 0. The molecule has 0 fully saturated rings. The lowest BCUT2D eigenvalue weighted by atomic mass is 10.0. The van der Waals surface area contributed by atoms with E-state index in [2.05, 4.69) is 19.2 Å². The Morgan fingerprint density at radius 3 is 1.89 bits per heavy atom. The average Bonchev–Trinajstić information content (AvgIpc) is 2.82. The van der Waals surface area contributed by atoms with Gasteiger partial charge in [-0.3, -0.25) is 4.57 Å². The Bertz CT molecular complexity index is 583. The highest BCUT2D eigenvalue weighted by molar-refractivity contribution is 7.45. The van der Waals surface area contributed by atoms with Crippen LogP contribution < -0.4 is 10.2 Å². The molecule has 0 saturated heterocycles. The van der Waals surface area contributed by atoms with Crippen molar-refractivity contribution < 1.29 is 28.1 Å². The molecule has 222 valence electrons. The van der Waals surface area contributed by atoms with Gasteiger partial charge in [0.15, 0.2) is 0 Å². The lowest BCUT2D eigenvalue weighted by Crippen LogP contribution is -2.43. The van der Waals surface area contributed by atoms with E-state index in [-0.39, 0.29) is 13.2 Å². The first-order chi connectivity index (χ1) is 17.6. The number of hydrogen-bond donors (Lipinski definition) is 2. The minimum absolute atomic E-state index is 0.0702. The fraction of sp³-hybridized carbons (Fsp3) is 0.931. The molecular formula is C29H61N2O5P. The van der Waals surface area contributed by atoms with Gasteiger partial charge in [-0.1, -0.05) is 109 Å². The molecule has 3 unspecified atom stereocenters. The third-order valence-electron chi connectivity index (χ3n) is 6.58. The Hall–Kier alpha value is -0.270. The van der Waals surface area contributed by atoms with Gasteiger partial charge in [-0.15, -0.1) is 0 Å². The number of allylic oxidation sites excluding steroid dienone is 1. The maximum Gasteiger partial charge on any atom is 0.268 e. The topological polar surface area (TPSA) is 90.9 Å². The van der Waals surface area contributed by atoms with Crippen LogP contribution in [0, 0.1) is 0 Å². The minimum atomic E-state index is -4.42. The molecule has 0 aromatic rings. The van der Waals surface area contributed by atoms with Crippen LogP contribution >= 0.6 is 7.82 Å². The molecule has 0 bridgehead atoms. The van der Waals surface area contributed by atoms with Crippen LogP contribution in [0.4, 0.5) is 0 Å². The quantitative estimate of drug-likeness (QED) is 0.0538. The van der Waals surface area contributed by atoms with Crippen molar-refractivity contribution in [2.75, 3.05) is 47.4 Å². The lowest BCUT2D eigenvalue weighted by molar-refractivity contribution is -0.870. The predicted molar refractivity (Wildman–Crippen MR) is 155 cm³/mol. The molecule has 0 saturated carbocycles. The van der Waals surface area contributed by atoms with Crippen molar-refractivity contribution >= 4 is 7.82 Å². The van der Waals surface area contributed by atoms with E-state index >= 15 is 0 Å². The molecule has 0 amide bonds. The summed E-state index contributed by atoms with van der Waals surface area (Å²) in [5.74, 6) is 0.